The Labute approximate surface area is 145 Å². The van der Waals surface area contributed by atoms with E-state index in [1.807, 2.05) is 30.3 Å². The number of carbonyl (C=O) groups excluding carboxylic acids is 1. The summed E-state index contributed by atoms with van der Waals surface area (Å²) in [6, 6.07) is 16.7. The topological polar surface area (TPSA) is 63.7 Å². The van der Waals surface area contributed by atoms with Crippen LogP contribution >= 0.6 is 10.7 Å². The highest BCUT2D eigenvalue weighted by Gasteiger charge is 2.38. The van der Waals surface area contributed by atoms with Crippen LogP contribution in [0, 0.1) is 0 Å². The average Bonchev–Trinajstić information content (AvgIpc) is 2.96. The van der Waals surface area contributed by atoms with E-state index in [9.17, 15) is 13.2 Å². The number of hydrogen-bond donors (Lipinski definition) is 0. The lowest BCUT2D eigenvalue weighted by Gasteiger charge is -2.20. The summed E-state index contributed by atoms with van der Waals surface area (Å²) in [7, 11) is 1.63. The number of ether oxygens (including phenoxy) is 1. The average molecular weight is 366 g/mol. The number of halogens is 1. The molecule has 7 heteroatoms. The summed E-state index contributed by atoms with van der Waals surface area (Å²) in [5, 5.41) is -0.895. The van der Waals surface area contributed by atoms with Crippen molar-refractivity contribution in [3.8, 4) is 5.75 Å². The van der Waals surface area contributed by atoms with Crippen molar-refractivity contribution in [2.75, 3.05) is 11.4 Å². The maximum atomic E-state index is 12.2. The SMILES string of the molecule is O=C1CC(S(=O)(=O)Cl)CN1c1ccccc1OCc1ccccc1. The Morgan fingerprint density at radius 2 is 1.75 bits per heavy atom. The van der Waals surface area contributed by atoms with Crippen LogP contribution in [0.4, 0.5) is 5.69 Å². The maximum Gasteiger partial charge on any atom is 0.237 e. The molecule has 1 aliphatic heterocycles. The van der Waals surface area contributed by atoms with Gasteiger partial charge in [0.05, 0.1) is 5.69 Å². The van der Waals surface area contributed by atoms with Gasteiger partial charge in [0.15, 0.2) is 0 Å². The fraction of sp³-hybridized carbons (Fsp3) is 0.235. The number of hydrogen-bond acceptors (Lipinski definition) is 4. The quantitative estimate of drug-likeness (QED) is 0.764. The Morgan fingerprint density at radius 3 is 2.42 bits per heavy atom. The van der Waals surface area contributed by atoms with Gasteiger partial charge in [-0.1, -0.05) is 42.5 Å². The second-order valence-electron chi connectivity index (χ2n) is 5.55. The van der Waals surface area contributed by atoms with Gasteiger partial charge in [-0.25, -0.2) is 8.42 Å². The molecule has 126 valence electrons. The first-order valence-corrected chi connectivity index (χ1v) is 9.82. The molecule has 1 aliphatic rings. The van der Waals surface area contributed by atoms with Gasteiger partial charge in [-0.05, 0) is 17.7 Å². The smallest absolute Gasteiger partial charge is 0.237 e. The number of amides is 1. The van der Waals surface area contributed by atoms with Crippen LogP contribution in [0.3, 0.4) is 0 Å². The molecular formula is C17H16ClNO4S. The van der Waals surface area contributed by atoms with E-state index in [0.717, 1.165) is 5.56 Å². The standard InChI is InChI=1S/C17H16ClNO4S/c18-24(21,22)14-10-17(20)19(11-14)15-8-4-5-9-16(15)23-12-13-6-2-1-3-7-13/h1-9,14H,10-12H2. The molecule has 3 rings (SSSR count). The lowest BCUT2D eigenvalue weighted by Crippen LogP contribution is -2.27. The normalized spacial score (nSPS) is 18.0. The summed E-state index contributed by atoms with van der Waals surface area (Å²) in [4.78, 5) is 13.6. The summed E-state index contributed by atoms with van der Waals surface area (Å²) >= 11 is 0. The Balaban J connectivity index is 1.80. The van der Waals surface area contributed by atoms with E-state index in [1.165, 1.54) is 4.90 Å². The van der Waals surface area contributed by atoms with E-state index in [1.54, 1.807) is 24.3 Å². The molecule has 0 aromatic heterocycles. The molecule has 1 fully saturated rings. The van der Waals surface area contributed by atoms with Gasteiger partial charge in [0.2, 0.25) is 15.0 Å². The summed E-state index contributed by atoms with van der Waals surface area (Å²) in [6.45, 7) is 0.396. The monoisotopic (exact) mass is 365 g/mol. The van der Waals surface area contributed by atoms with E-state index >= 15 is 0 Å². The second-order valence-corrected chi connectivity index (χ2v) is 8.46. The van der Waals surface area contributed by atoms with Gasteiger partial charge < -0.3 is 9.64 Å². The van der Waals surface area contributed by atoms with Gasteiger partial charge in [0.25, 0.3) is 0 Å². The van der Waals surface area contributed by atoms with Crippen LogP contribution in [0.1, 0.15) is 12.0 Å². The molecule has 1 saturated heterocycles. The van der Waals surface area contributed by atoms with Gasteiger partial charge in [-0.3, -0.25) is 4.79 Å². The van der Waals surface area contributed by atoms with Crippen LogP contribution in [0.5, 0.6) is 5.75 Å². The molecule has 0 saturated carbocycles. The van der Waals surface area contributed by atoms with Crippen molar-refractivity contribution in [3.63, 3.8) is 0 Å². The number of nitrogens with zero attached hydrogens (tertiary/aromatic N) is 1. The zero-order valence-electron chi connectivity index (χ0n) is 12.8. The zero-order valence-corrected chi connectivity index (χ0v) is 14.3. The third-order valence-corrected chi connectivity index (χ3v) is 5.75. The molecule has 1 unspecified atom stereocenters. The molecule has 2 aromatic carbocycles. The van der Waals surface area contributed by atoms with Crippen molar-refractivity contribution < 1.29 is 17.9 Å². The van der Waals surface area contributed by atoms with Crippen molar-refractivity contribution in [2.45, 2.75) is 18.3 Å². The van der Waals surface area contributed by atoms with Gasteiger partial charge in [0.1, 0.15) is 17.6 Å². The van der Waals surface area contributed by atoms with E-state index in [4.69, 9.17) is 15.4 Å². The number of anilines is 1. The molecule has 1 amide bonds. The molecule has 0 radical (unpaired) electrons. The Bertz CT molecular complexity index is 839. The largest absolute Gasteiger partial charge is 0.487 e. The molecule has 0 N–H and O–H groups in total. The second kappa shape index (κ2) is 6.83. The van der Waals surface area contributed by atoms with Crippen LogP contribution in [-0.4, -0.2) is 26.1 Å². The molecule has 5 nitrogen and oxygen atoms in total. The number of para-hydroxylation sites is 2. The fourth-order valence-electron chi connectivity index (χ4n) is 2.63. The Morgan fingerprint density at radius 1 is 1.08 bits per heavy atom. The summed E-state index contributed by atoms with van der Waals surface area (Å²) < 4.78 is 28.8. The van der Waals surface area contributed by atoms with Gasteiger partial charge >= 0.3 is 0 Å². The molecule has 1 heterocycles. The van der Waals surface area contributed by atoms with Crippen LogP contribution in [-0.2, 0) is 20.5 Å². The molecule has 2 aromatic rings. The molecule has 0 bridgehead atoms. The highest BCUT2D eigenvalue weighted by molar-refractivity contribution is 8.14. The summed E-state index contributed by atoms with van der Waals surface area (Å²) in [5.41, 5.74) is 1.56. The van der Waals surface area contributed by atoms with Gasteiger partial charge in [-0.2, -0.15) is 0 Å². The minimum atomic E-state index is -3.78. The Kier molecular flexibility index (Phi) is 4.78. The lowest BCUT2D eigenvalue weighted by molar-refractivity contribution is -0.117. The van der Waals surface area contributed by atoms with Crippen LogP contribution in [0.2, 0.25) is 0 Å². The van der Waals surface area contributed by atoms with Crippen molar-refractivity contribution >= 4 is 31.3 Å². The van der Waals surface area contributed by atoms with Crippen molar-refractivity contribution in [1.29, 1.82) is 0 Å². The maximum absolute atomic E-state index is 12.2. The third-order valence-electron chi connectivity index (χ3n) is 3.88. The minimum Gasteiger partial charge on any atom is -0.487 e. The predicted molar refractivity (Wildman–Crippen MR) is 92.7 cm³/mol. The first kappa shape index (κ1) is 16.8. The van der Waals surface area contributed by atoms with Crippen LogP contribution in [0.15, 0.2) is 54.6 Å². The number of rotatable bonds is 5. The molecular weight excluding hydrogens is 350 g/mol. The van der Waals surface area contributed by atoms with E-state index in [2.05, 4.69) is 0 Å². The zero-order chi connectivity index (χ0) is 17.2. The minimum absolute atomic E-state index is 0.0381. The fourth-order valence-corrected chi connectivity index (χ4v) is 3.66. The Hall–Kier alpha value is -2.05. The first-order chi connectivity index (χ1) is 11.4. The van der Waals surface area contributed by atoms with Gasteiger partial charge in [0, 0.05) is 23.6 Å². The van der Waals surface area contributed by atoms with E-state index in [0.29, 0.717) is 18.0 Å². The number of benzene rings is 2. The lowest BCUT2D eigenvalue weighted by atomic mass is 10.2. The van der Waals surface area contributed by atoms with Crippen molar-refractivity contribution in [2.24, 2.45) is 0 Å². The van der Waals surface area contributed by atoms with Crippen LogP contribution < -0.4 is 9.64 Å². The summed E-state index contributed by atoms with van der Waals surface area (Å²) in [5.74, 6) is 0.252. The first-order valence-electron chi connectivity index (χ1n) is 7.45. The van der Waals surface area contributed by atoms with E-state index in [-0.39, 0.29) is 18.9 Å². The molecule has 0 aliphatic carbocycles. The molecule has 1 atom stereocenters. The van der Waals surface area contributed by atoms with E-state index < -0.39 is 14.3 Å². The predicted octanol–water partition coefficient (Wildman–Crippen LogP) is 2.94. The molecule has 24 heavy (non-hydrogen) atoms. The van der Waals surface area contributed by atoms with Crippen LogP contribution in [0.25, 0.3) is 0 Å². The van der Waals surface area contributed by atoms with Gasteiger partial charge in [-0.15, -0.1) is 0 Å². The van der Waals surface area contributed by atoms with Crippen molar-refractivity contribution in [1.82, 2.24) is 0 Å². The number of carbonyl (C=O) groups is 1. The summed E-state index contributed by atoms with van der Waals surface area (Å²) in [6.07, 6.45) is -0.112. The highest BCUT2D eigenvalue weighted by atomic mass is 35.7. The van der Waals surface area contributed by atoms with Crippen molar-refractivity contribution in [3.05, 3.63) is 60.2 Å². The third kappa shape index (κ3) is 3.71. The highest BCUT2D eigenvalue weighted by Crippen LogP contribution is 2.33. The molecule has 0 spiro atoms.